The smallest absolute Gasteiger partial charge is 0.338 e. The van der Waals surface area contributed by atoms with Crippen molar-refractivity contribution in [2.45, 2.75) is 13.8 Å². The zero-order valence-electron chi connectivity index (χ0n) is 13.9. The summed E-state index contributed by atoms with van der Waals surface area (Å²) in [5.41, 5.74) is 8.34. The molecule has 1 aromatic carbocycles. The maximum atomic E-state index is 11.7. The minimum absolute atomic E-state index is 0.0804. The van der Waals surface area contributed by atoms with Gasteiger partial charge in [-0.1, -0.05) is 12.1 Å². The van der Waals surface area contributed by atoms with E-state index < -0.39 is 0 Å². The molecule has 0 aliphatic carbocycles. The standard InChI is InChI=1S/C17H17N5O3/c1-3-24-15-13-14(21-17(18)22-15)19-9-12(20-13)10-5-7-11(8-6-10)16(23)25-4-2/h5-9H,3-4H2,1-2H3,(H2,18,19,21,22). The third-order valence-electron chi connectivity index (χ3n) is 3.37. The number of hydrogen-bond acceptors (Lipinski definition) is 8. The van der Waals surface area contributed by atoms with E-state index in [1.54, 1.807) is 37.4 Å². The van der Waals surface area contributed by atoms with Crippen LogP contribution in [0.25, 0.3) is 22.4 Å². The fourth-order valence-electron chi connectivity index (χ4n) is 2.27. The molecule has 2 heterocycles. The SMILES string of the molecule is CCOC(=O)c1ccc(-c2cnc3nc(N)nc(OCC)c3n2)cc1. The van der Waals surface area contributed by atoms with Crippen molar-refractivity contribution in [3.8, 4) is 17.1 Å². The molecule has 0 fully saturated rings. The van der Waals surface area contributed by atoms with Gasteiger partial charge in [0.05, 0.1) is 30.7 Å². The largest absolute Gasteiger partial charge is 0.476 e. The van der Waals surface area contributed by atoms with Gasteiger partial charge in [0.15, 0.2) is 11.2 Å². The van der Waals surface area contributed by atoms with E-state index in [-0.39, 0.29) is 11.9 Å². The summed E-state index contributed by atoms with van der Waals surface area (Å²) in [5, 5.41) is 0. The summed E-state index contributed by atoms with van der Waals surface area (Å²) in [7, 11) is 0. The van der Waals surface area contributed by atoms with Gasteiger partial charge >= 0.3 is 5.97 Å². The van der Waals surface area contributed by atoms with Crippen molar-refractivity contribution in [1.82, 2.24) is 19.9 Å². The Balaban J connectivity index is 2.00. The van der Waals surface area contributed by atoms with Crippen molar-refractivity contribution in [2.24, 2.45) is 0 Å². The van der Waals surface area contributed by atoms with Gasteiger partial charge in [-0.2, -0.15) is 9.97 Å². The lowest BCUT2D eigenvalue weighted by Gasteiger charge is -2.08. The number of fused-ring (bicyclic) bond motifs is 1. The predicted octanol–water partition coefficient (Wildman–Crippen LogP) is 2.24. The Labute approximate surface area is 144 Å². The molecular weight excluding hydrogens is 322 g/mol. The normalized spacial score (nSPS) is 10.6. The maximum absolute atomic E-state index is 11.7. The van der Waals surface area contributed by atoms with Gasteiger partial charge in [-0.3, -0.25) is 0 Å². The molecule has 128 valence electrons. The number of rotatable bonds is 5. The molecule has 0 atom stereocenters. The number of nitrogens with two attached hydrogens (primary N) is 1. The number of aromatic nitrogens is 4. The Morgan fingerprint density at radius 1 is 1.08 bits per heavy atom. The van der Waals surface area contributed by atoms with Crippen LogP contribution in [0.2, 0.25) is 0 Å². The van der Waals surface area contributed by atoms with E-state index in [4.69, 9.17) is 15.2 Å². The molecule has 0 unspecified atom stereocenters. The third kappa shape index (κ3) is 3.47. The second kappa shape index (κ2) is 7.08. The molecule has 3 aromatic rings. The molecular formula is C17H17N5O3. The van der Waals surface area contributed by atoms with E-state index in [1.165, 1.54) is 0 Å². The molecule has 0 saturated carbocycles. The van der Waals surface area contributed by atoms with Gasteiger partial charge in [-0.25, -0.2) is 14.8 Å². The number of ether oxygens (including phenoxy) is 2. The van der Waals surface area contributed by atoms with Gasteiger partial charge in [0.1, 0.15) is 0 Å². The fourth-order valence-corrected chi connectivity index (χ4v) is 2.27. The average molecular weight is 339 g/mol. The molecule has 0 saturated heterocycles. The molecule has 3 rings (SSSR count). The van der Waals surface area contributed by atoms with E-state index in [0.717, 1.165) is 5.56 Å². The summed E-state index contributed by atoms with van der Waals surface area (Å²) in [5.74, 6) is 0.0143. The lowest BCUT2D eigenvalue weighted by molar-refractivity contribution is 0.0526. The molecule has 2 aromatic heterocycles. The topological polar surface area (TPSA) is 113 Å². The van der Waals surface area contributed by atoms with E-state index >= 15 is 0 Å². The highest BCUT2D eigenvalue weighted by Gasteiger charge is 2.13. The van der Waals surface area contributed by atoms with Crippen molar-refractivity contribution in [3.63, 3.8) is 0 Å². The van der Waals surface area contributed by atoms with Crippen molar-refractivity contribution < 1.29 is 14.3 Å². The van der Waals surface area contributed by atoms with Gasteiger partial charge in [-0.15, -0.1) is 0 Å². The highest BCUT2D eigenvalue weighted by Crippen LogP contribution is 2.24. The van der Waals surface area contributed by atoms with Crippen molar-refractivity contribution in [2.75, 3.05) is 18.9 Å². The van der Waals surface area contributed by atoms with Crippen LogP contribution in [0, 0.1) is 0 Å². The Bertz CT molecular complexity index is 912. The molecule has 0 aliphatic rings. The predicted molar refractivity (Wildman–Crippen MR) is 92.1 cm³/mol. The summed E-state index contributed by atoms with van der Waals surface area (Å²) >= 11 is 0. The molecule has 8 heteroatoms. The van der Waals surface area contributed by atoms with Crippen LogP contribution in [0.4, 0.5) is 5.95 Å². The molecule has 0 aliphatic heterocycles. The van der Waals surface area contributed by atoms with Gasteiger partial charge < -0.3 is 15.2 Å². The van der Waals surface area contributed by atoms with Crippen LogP contribution < -0.4 is 10.5 Å². The quantitative estimate of drug-likeness (QED) is 0.704. The number of carbonyl (C=O) groups excluding carboxylic acids is 1. The van der Waals surface area contributed by atoms with Gasteiger partial charge in [0, 0.05) is 5.56 Å². The zero-order chi connectivity index (χ0) is 17.8. The van der Waals surface area contributed by atoms with Crippen LogP contribution in [-0.4, -0.2) is 39.1 Å². The van der Waals surface area contributed by atoms with Gasteiger partial charge in [-0.05, 0) is 26.0 Å². The molecule has 0 radical (unpaired) electrons. The van der Waals surface area contributed by atoms with Crippen LogP contribution in [-0.2, 0) is 4.74 Å². The first-order valence-electron chi connectivity index (χ1n) is 7.83. The van der Waals surface area contributed by atoms with Crippen LogP contribution in [0.1, 0.15) is 24.2 Å². The van der Waals surface area contributed by atoms with E-state index in [9.17, 15) is 4.79 Å². The molecule has 0 spiro atoms. The summed E-state index contributed by atoms with van der Waals surface area (Å²) in [4.78, 5) is 28.7. The number of carbonyl (C=O) groups is 1. The lowest BCUT2D eigenvalue weighted by atomic mass is 10.1. The number of esters is 1. The lowest BCUT2D eigenvalue weighted by Crippen LogP contribution is -2.05. The minimum atomic E-state index is -0.360. The summed E-state index contributed by atoms with van der Waals surface area (Å²) in [6.07, 6.45) is 1.59. The third-order valence-corrected chi connectivity index (χ3v) is 3.37. The average Bonchev–Trinajstić information content (AvgIpc) is 2.62. The Hall–Kier alpha value is -3.29. The first-order chi connectivity index (χ1) is 12.1. The number of nitrogen functional groups attached to an aromatic ring is 1. The molecule has 2 N–H and O–H groups in total. The number of nitrogens with zero attached hydrogens (tertiary/aromatic N) is 4. The Kier molecular flexibility index (Phi) is 4.69. The summed E-state index contributed by atoms with van der Waals surface area (Å²) < 4.78 is 10.4. The maximum Gasteiger partial charge on any atom is 0.338 e. The molecule has 0 bridgehead atoms. The Morgan fingerprint density at radius 2 is 1.84 bits per heavy atom. The van der Waals surface area contributed by atoms with Crippen LogP contribution >= 0.6 is 0 Å². The minimum Gasteiger partial charge on any atom is -0.476 e. The van der Waals surface area contributed by atoms with Crippen molar-refractivity contribution in [3.05, 3.63) is 36.0 Å². The molecule has 8 nitrogen and oxygen atoms in total. The van der Waals surface area contributed by atoms with Gasteiger partial charge in [0.2, 0.25) is 11.8 Å². The monoisotopic (exact) mass is 339 g/mol. The highest BCUT2D eigenvalue weighted by molar-refractivity contribution is 5.90. The van der Waals surface area contributed by atoms with Gasteiger partial charge in [0.25, 0.3) is 0 Å². The highest BCUT2D eigenvalue weighted by atomic mass is 16.5. The second-order valence-electron chi connectivity index (χ2n) is 5.05. The van der Waals surface area contributed by atoms with Crippen LogP contribution in [0.3, 0.4) is 0 Å². The fraction of sp³-hybridized carbons (Fsp3) is 0.235. The van der Waals surface area contributed by atoms with Crippen molar-refractivity contribution in [1.29, 1.82) is 0 Å². The summed E-state index contributed by atoms with van der Waals surface area (Å²) in [6, 6.07) is 6.92. The zero-order valence-corrected chi connectivity index (χ0v) is 13.9. The number of benzene rings is 1. The van der Waals surface area contributed by atoms with E-state index in [0.29, 0.717) is 41.5 Å². The first-order valence-corrected chi connectivity index (χ1v) is 7.83. The summed E-state index contributed by atoms with van der Waals surface area (Å²) in [6.45, 7) is 4.36. The number of anilines is 1. The molecule has 0 amide bonds. The van der Waals surface area contributed by atoms with E-state index in [2.05, 4.69) is 19.9 Å². The van der Waals surface area contributed by atoms with Crippen LogP contribution in [0.15, 0.2) is 30.5 Å². The first kappa shape index (κ1) is 16.6. The molecule has 25 heavy (non-hydrogen) atoms. The van der Waals surface area contributed by atoms with Crippen molar-refractivity contribution >= 4 is 23.1 Å². The number of hydrogen-bond donors (Lipinski definition) is 1. The second-order valence-corrected chi connectivity index (χ2v) is 5.05. The van der Waals surface area contributed by atoms with E-state index in [1.807, 2.05) is 6.92 Å². The Morgan fingerprint density at radius 3 is 2.52 bits per heavy atom. The van der Waals surface area contributed by atoms with Crippen LogP contribution in [0.5, 0.6) is 5.88 Å².